The Labute approximate surface area is 145 Å². The third-order valence-corrected chi connectivity index (χ3v) is 6.33. The Balaban J connectivity index is 2.11. The summed E-state index contributed by atoms with van der Waals surface area (Å²) in [6, 6.07) is 15.4. The minimum absolute atomic E-state index is 0.189. The number of halogens is 2. The summed E-state index contributed by atoms with van der Waals surface area (Å²) in [5, 5.41) is 4.75. The molecule has 1 aromatic heterocycles. The van der Waals surface area contributed by atoms with Gasteiger partial charge in [0.15, 0.2) is 0 Å². The molecule has 0 aliphatic rings. The third kappa shape index (κ3) is 2.95. The second-order valence-electron chi connectivity index (χ2n) is 5.03. The maximum Gasteiger partial charge on any atom is 0.0680 e. The van der Waals surface area contributed by atoms with Gasteiger partial charge in [0, 0.05) is 18.5 Å². The number of aryl methyl sites for hydroxylation is 1. The first-order valence-corrected chi connectivity index (χ1v) is 9.11. The smallest absolute Gasteiger partial charge is 0.0680 e. The van der Waals surface area contributed by atoms with Gasteiger partial charge in [-0.2, -0.15) is 0 Å². The normalized spacial score (nSPS) is 12.8. The Bertz CT molecular complexity index is 762. The van der Waals surface area contributed by atoms with E-state index >= 15 is 0 Å². The fourth-order valence-corrected chi connectivity index (χ4v) is 4.72. The monoisotopic (exact) mass is 423 g/mol. The standard InChI is InChI=1S/C17H15Br2NS/c1-10-7-14(19)12(9-13(10)18)17(20-2)16-8-11-5-3-4-6-15(11)21-16/h3-9,17,20H,1-2H3. The van der Waals surface area contributed by atoms with E-state index in [0.29, 0.717) is 0 Å². The molecule has 0 fully saturated rings. The summed E-state index contributed by atoms with van der Waals surface area (Å²) in [7, 11) is 2.01. The molecule has 0 saturated carbocycles. The van der Waals surface area contributed by atoms with Gasteiger partial charge in [0.2, 0.25) is 0 Å². The Morgan fingerprint density at radius 1 is 1.05 bits per heavy atom. The molecule has 1 N–H and O–H groups in total. The molecule has 1 atom stereocenters. The largest absolute Gasteiger partial charge is 0.309 e. The molecule has 1 unspecified atom stereocenters. The van der Waals surface area contributed by atoms with Gasteiger partial charge in [-0.05, 0) is 54.8 Å². The van der Waals surface area contributed by atoms with Gasteiger partial charge in [-0.25, -0.2) is 0 Å². The van der Waals surface area contributed by atoms with Gasteiger partial charge in [-0.3, -0.25) is 0 Å². The third-order valence-electron chi connectivity index (χ3n) is 3.61. The molecule has 2 aromatic carbocycles. The first-order valence-electron chi connectivity index (χ1n) is 6.71. The van der Waals surface area contributed by atoms with Crippen LogP contribution in [0.5, 0.6) is 0 Å². The van der Waals surface area contributed by atoms with Gasteiger partial charge in [0.25, 0.3) is 0 Å². The van der Waals surface area contributed by atoms with Crippen molar-refractivity contribution >= 4 is 53.3 Å². The first kappa shape index (κ1) is 15.2. The summed E-state index contributed by atoms with van der Waals surface area (Å²) in [5.41, 5.74) is 2.48. The molecule has 0 saturated heterocycles. The predicted molar refractivity (Wildman–Crippen MR) is 99.3 cm³/mol. The average molecular weight is 425 g/mol. The van der Waals surface area contributed by atoms with Gasteiger partial charge >= 0.3 is 0 Å². The molecular weight excluding hydrogens is 410 g/mol. The maximum atomic E-state index is 3.71. The quantitative estimate of drug-likeness (QED) is 0.540. The van der Waals surface area contributed by atoms with Gasteiger partial charge in [-0.1, -0.05) is 50.1 Å². The maximum absolute atomic E-state index is 3.71. The molecule has 3 aromatic rings. The minimum Gasteiger partial charge on any atom is -0.309 e. The van der Waals surface area contributed by atoms with Crippen molar-refractivity contribution in [3.8, 4) is 0 Å². The van der Waals surface area contributed by atoms with E-state index in [0.717, 1.165) is 8.95 Å². The SMILES string of the molecule is CNC(c1cc2ccccc2s1)c1cc(Br)c(C)cc1Br. The molecule has 1 nitrogen and oxygen atoms in total. The Morgan fingerprint density at radius 2 is 1.81 bits per heavy atom. The molecule has 0 radical (unpaired) electrons. The van der Waals surface area contributed by atoms with Crippen molar-refractivity contribution in [3.05, 3.63) is 67.4 Å². The lowest BCUT2D eigenvalue weighted by Crippen LogP contribution is -2.17. The van der Waals surface area contributed by atoms with E-state index in [1.165, 1.54) is 26.1 Å². The zero-order valence-electron chi connectivity index (χ0n) is 11.8. The summed E-state index contributed by atoms with van der Waals surface area (Å²) >= 11 is 9.19. The van der Waals surface area contributed by atoms with Crippen molar-refractivity contribution in [2.24, 2.45) is 0 Å². The van der Waals surface area contributed by atoms with Crippen LogP contribution in [0.25, 0.3) is 10.1 Å². The summed E-state index contributed by atoms with van der Waals surface area (Å²) in [4.78, 5) is 1.33. The van der Waals surface area contributed by atoms with E-state index in [4.69, 9.17) is 0 Å². The number of nitrogens with one attached hydrogen (secondary N) is 1. The molecule has 108 valence electrons. The van der Waals surface area contributed by atoms with Crippen molar-refractivity contribution in [1.29, 1.82) is 0 Å². The number of benzene rings is 2. The molecule has 0 spiro atoms. The van der Waals surface area contributed by atoms with Crippen LogP contribution in [0.15, 0.2) is 51.4 Å². The number of hydrogen-bond donors (Lipinski definition) is 1. The summed E-state index contributed by atoms with van der Waals surface area (Å²) < 4.78 is 3.61. The Kier molecular flexibility index (Phi) is 4.50. The summed E-state index contributed by atoms with van der Waals surface area (Å²) in [6.45, 7) is 2.10. The Hall–Kier alpha value is -0.680. The summed E-state index contributed by atoms with van der Waals surface area (Å²) in [6.07, 6.45) is 0. The van der Waals surface area contributed by atoms with Crippen molar-refractivity contribution < 1.29 is 0 Å². The van der Waals surface area contributed by atoms with E-state index in [9.17, 15) is 0 Å². The zero-order chi connectivity index (χ0) is 15.0. The average Bonchev–Trinajstić information content (AvgIpc) is 2.88. The highest BCUT2D eigenvalue weighted by Gasteiger charge is 2.18. The highest BCUT2D eigenvalue weighted by Crippen LogP contribution is 2.37. The lowest BCUT2D eigenvalue weighted by molar-refractivity contribution is 0.700. The van der Waals surface area contributed by atoms with E-state index in [1.807, 2.05) is 18.4 Å². The number of hydrogen-bond acceptors (Lipinski definition) is 2. The molecule has 0 aliphatic carbocycles. The van der Waals surface area contributed by atoms with Crippen LogP contribution < -0.4 is 5.32 Å². The van der Waals surface area contributed by atoms with Crippen LogP contribution in [0.1, 0.15) is 22.0 Å². The van der Waals surface area contributed by atoms with Crippen LogP contribution in [-0.2, 0) is 0 Å². The topological polar surface area (TPSA) is 12.0 Å². The van der Waals surface area contributed by atoms with Crippen LogP contribution in [0.4, 0.5) is 0 Å². The van der Waals surface area contributed by atoms with Crippen molar-refractivity contribution in [1.82, 2.24) is 5.32 Å². The fraction of sp³-hybridized carbons (Fsp3) is 0.176. The van der Waals surface area contributed by atoms with Crippen LogP contribution in [-0.4, -0.2) is 7.05 Å². The van der Waals surface area contributed by atoms with Crippen LogP contribution in [0.2, 0.25) is 0 Å². The predicted octanol–water partition coefficient (Wildman–Crippen LogP) is 6.04. The van der Waals surface area contributed by atoms with Crippen molar-refractivity contribution in [2.75, 3.05) is 7.05 Å². The van der Waals surface area contributed by atoms with Crippen molar-refractivity contribution in [3.63, 3.8) is 0 Å². The molecule has 3 rings (SSSR count). The van der Waals surface area contributed by atoms with E-state index in [2.05, 4.69) is 86.6 Å². The lowest BCUT2D eigenvalue weighted by atomic mass is 10.0. The molecule has 0 bridgehead atoms. The molecule has 1 heterocycles. The van der Waals surface area contributed by atoms with Crippen molar-refractivity contribution in [2.45, 2.75) is 13.0 Å². The second kappa shape index (κ2) is 6.21. The molecule has 21 heavy (non-hydrogen) atoms. The van der Waals surface area contributed by atoms with Crippen LogP contribution >= 0.6 is 43.2 Å². The molecular formula is C17H15Br2NS. The van der Waals surface area contributed by atoms with E-state index in [-0.39, 0.29) is 6.04 Å². The highest BCUT2D eigenvalue weighted by molar-refractivity contribution is 9.11. The van der Waals surface area contributed by atoms with Crippen LogP contribution in [0, 0.1) is 6.92 Å². The summed E-state index contributed by atoms with van der Waals surface area (Å²) in [5.74, 6) is 0. The van der Waals surface area contributed by atoms with Gasteiger partial charge in [0.05, 0.1) is 6.04 Å². The number of fused-ring (bicyclic) bond motifs is 1. The number of thiophene rings is 1. The van der Waals surface area contributed by atoms with Gasteiger partial charge in [-0.15, -0.1) is 11.3 Å². The van der Waals surface area contributed by atoms with Crippen LogP contribution in [0.3, 0.4) is 0 Å². The Morgan fingerprint density at radius 3 is 2.52 bits per heavy atom. The van der Waals surface area contributed by atoms with E-state index < -0.39 is 0 Å². The lowest BCUT2D eigenvalue weighted by Gasteiger charge is -2.18. The van der Waals surface area contributed by atoms with Gasteiger partial charge in [0.1, 0.15) is 0 Å². The molecule has 4 heteroatoms. The first-order chi connectivity index (χ1) is 10.1. The minimum atomic E-state index is 0.189. The van der Waals surface area contributed by atoms with Gasteiger partial charge < -0.3 is 5.32 Å². The zero-order valence-corrected chi connectivity index (χ0v) is 15.8. The number of rotatable bonds is 3. The molecule has 0 aliphatic heterocycles. The molecule has 0 amide bonds. The second-order valence-corrected chi connectivity index (χ2v) is 7.86. The van der Waals surface area contributed by atoms with E-state index in [1.54, 1.807) is 0 Å². The highest BCUT2D eigenvalue weighted by atomic mass is 79.9. The fourth-order valence-electron chi connectivity index (χ4n) is 2.48.